The van der Waals surface area contributed by atoms with Crippen molar-refractivity contribution in [1.29, 1.82) is 0 Å². The summed E-state index contributed by atoms with van der Waals surface area (Å²) in [5.74, 6) is -2.37. The Hall–Kier alpha value is -3.09. The number of phenols is 1. The number of anilines is 1. The number of carbonyl (C=O) groups is 2. The third-order valence-corrected chi connectivity index (χ3v) is 2.98. The number of allylic oxidation sites excluding steroid dienone is 1. The van der Waals surface area contributed by atoms with Crippen LogP contribution in [0.2, 0.25) is 0 Å². The molecule has 24 heavy (non-hydrogen) atoms. The topological polar surface area (TPSA) is 66.4 Å². The fraction of sp³-hybridized carbons (Fsp3) is 0.0588. The lowest BCUT2D eigenvalue weighted by Crippen LogP contribution is -2.29. The monoisotopic (exact) mass is 335 g/mol. The van der Waals surface area contributed by atoms with Gasteiger partial charge in [-0.3, -0.25) is 9.59 Å². The number of alkyl halides is 3. The van der Waals surface area contributed by atoms with Gasteiger partial charge in [-0.05, 0) is 48.0 Å². The molecule has 0 saturated heterocycles. The van der Waals surface area contributed by atoms with Gasteiger partial charge >= 0.3 is 12.1 Å². The predicted octanol–water partition coefficient (Wildman–Crippen LogP) is 3.79. The maximum absolute atomic E-state index is 12.2. The summed E-state index contributed by atoms with van der Waals surface area (Å²) < 4.78 is 36.7. The van der Waals surface area contributed by atoms with Gasteiger partial charge in [0, 0.05) is 11.3 Å². The highest BCUT2D eigenvalue weighted by molar-refractivity contribution is 6.07. The van der Waals surface area contributed by atoms with Gasteiger partial charge in [0.05, 0.1) is 0 Å². The van der Waals surface area contributed by atoms with E-state index < -0.39 is 12.1 Å². The van der Waals surface area contributed by atoms with E-state index in [2.05, 4.69) is 0 Å². The van der Waals surface area contributed by atoms with Crippen molar-refractivity contribution in [2.75, 3.05) is 5.32 Å². The Morgan fingerprint density at radius 1 is 1.04 bits per heavy atom. The first-order chi connectivity index (χ1) is 11.3. The second-order valence-corrected chi connectivity index (χ2v) is 4.82. The van der Waals surface area contributed by atoms with E-state index in [1.807, 2.05) is 0 Å². The molecule has 0 atom stereocenters. The van der Waals surface area contributed by atoms with Crippen molar-refractivity contribution >= 4 is 23.5 Å². The van der Waals surface area contributed by atoms with Crippen LogP contribution in [0.3, 0.4) is 0 Å². The van der Waals surface area contributed by atoms with Crippen molar-refractivity contribution in [3.8, 4) is 5.75 Å². The smallest absolute Gasteiger partial charge is 0.471 e. The van der Waals surface area contributed by atoms with E-state index in [1.54, 1.807) is 11.4 Å². The van der Waals surface area contributed by atoms with Crippen LogP contribution in [0.15, 0.2) is 54.6 Å². The molecule has 0 aliphatic carbocycles. The van der Waals surface area contributed by atoms with Crippen molar-refractivity contribution < 1.29 is 27.9 Å². The van der Waals surface area contributed by atoms with Gasteiger partial charge in [0.15, 0.2) is 5.78 Å². The van der Waals surface area contributed by atoms with Crippen LogP contribution >= 0.6 is 0 Å². The molecule has 0 unspecified atom stereocenters. The summed E-state index contributed by atoms with van der Waals surface area (Å²) >= 11 is 0. The minimum atomic E-state index is -4.97. The van der Waals surface area contributed by atoms with E-state index in [0.29, 0.717) is 11.1 Å². The Kier molecular flexibility index (Phi) is 5.03. The number of phenolic OH excluding ortho intramolecular Hbond substituents is 1. The fourth-order valence-corrected chi connectivity index (χ4v) is 1.82. The van der Waals surface area contributed by atoms with Gasteiger partial charge in [-0.15, -0.1) is 0 Å². The van der Waals surface area contributed by atoms with Crippen LogP contribution in [0, 0.1) is 0 Å². The largest absolute Gasteiger partial charge is 0.508 e. The fourth-order valence-electron chi connectivity index (χ4n) is 1.82. The SMILES string of the molecule is O=C(/C=C/c1cccc(NC(=O)C(F)(F)F)c1)c1ccc(O)cc1. The molecule has 124 valence electrons. The number of amides is 1. The van der Waals surface area contributed by atoms with Gasteiger partial charge in [0.1, 0.15) is 5.75 Å². The van der Waals surface area contributed by atoms with E-state index >= 15 is 0 Å². The highest BCUT2D eigenvalue weighted by Crippen LogP contribution is 2.19. The van der Waals surface area contributed by atoms with Crippen molar-refractivity contribution in [2.24, 2.45) is 0 Å². The van der Waals surface area contributed by atoms with Gasteiger partial charge in [-0.1, -0.05) is 18.2 Å². The average Bonchev–Trinajstić information content (AvgIpc) is 2.53. The number of halogens is 3. The molecule has 0 radical (unpaired) electrons. The van der Waals surface area contributed by atoms with E-state index in [4.69, 9.17) is 5.11 Å². The van der Waals surface area contributed by atoms with Gasteiger partial charge in [0.25, 0.3) is 0 Å². The second-order valence-electron chi connectivity index (χ2n) is 4.82. The Bertz CT molecular complexity index is 780. The quantitative estimate of drug-likeness (QED) is 0.660. The van der Waals surface area contributed by atoms with Crippen LogP contribution in [0.25, 0.3) is 6.08 Å². The molecule has 7 heteroatoms. The van der Waals surface area contributed by atoms with E-state index in [-0.39, 0.29) is 17.2 Å². The second kappa shape index (κ2) is 6.99. The third-order valence-electron chi connectivity index (χ3n) is 2.98. The molecule has 2 N–H and O–H groups in total. The summed E-state index contributed by atoms with van der Waals surface area (Å²) in [4.78, 5) is 22.8. The molecule has 0 spiro atoms. The minimum Gasteiger partial charge on any atom is -0.508 e. The van der Waals surface area contributed by atoms with Crippen LogP contribution in [0.4, 0.5) is 18.9 Å². The molecule has 0 heterocycles. The molecular weight excluding hydrogens is 323 g/mol. The first kappa shape index (κ1) is 17.3. The zero-order chi connectivity index (χ0) is 17.7. The number of hydrogen-bond acceptors (Lipinski definition) is 3. The van der Waals surface area contributed by atoms with Crippen LogP contribution in [0.1, 0.15) is 15.9 Å². The number of rotatable bonds is 4. The van der Waals surface area contributed by atoms with Crippen molar-refractivity contribution in [3.05, 3.63) is 65.7 Å². The Labute approximate surface area is 135 Å². The zero-order valence-corrected chi connectivity index (χ0v) is 12.2. The Morgan fingerprint density at radius 2 is 1.71 bits per heavy atom. The summed E-state index contributed by atoms with van der Waals surface area (Å²) in [6.07, 6.45) is -2.31. The standard InChI is InChI=1S/C17H12F3NO3/c18-17(19,20)16(24)21-13-3-1-2-11(10-13)4-9-15(23)12-5-7-14(22)8-6-12/h1-10,22H,(H,21,24)/b9-4+. The molecule has 0 aliphatic rings. The molecule has 0 fully saturated rings. The predicted molar refractivity (Wildman–Crippen MR) is 82.6 cm³/mol. The minimum absolute atomic E-state index is 0.0310. The normalized spacial score (nSPS) is 11.5. The maximum atomic E-state index is 12.2. The van der Waals surface area contributed by atoms with Gasteiger partial charge < -0.3 is 10.4 Å². The molecule has 0 saturated carbocycles. The number of carbonyl (C=O) groups excluding carboxylic acids is 2. The number of aromatic hydroxyl groups is 1. The Balaban J connectivity index is 2.10. The van der Waals surface area contributed by atoms with Crippen LogP contribution < -0.4 is 5.32 Å². The highest BCUT2D eigenvalue weighted by atomic mass is 19.4. The molecule has 1 amide bonds. The molecule has 4 nitrogen and oxygen atoms in total. The van der Waals surface area contributed by atoms with Crippen molar-refractivity contribution in [2.45, 2.75) is 6.18 Å². The van der Waals surface area contributed by atoms with E-state index in [1.165, 1.54) is 54.6 Å². The number of nitrogens with one attached hydrogen (secondary N) is 1. The average molecular weight is 335 g/mol. The van der Waals surface area contributed by atoms with Gasteiger partial charge in [-0.25, -0.2) is 0 Å². The van der Waals surface area contributed by atoms with Crippen molar-refractivity contribution in [1.82, 2.24) is 0 Å². The molecule has 2 aromatic carbocycles. The van der Waals surface area contributed by atoms with Crippen LogP contribution in [-0.4, -0.2) is 23.0 Å². The molecule has 0 aliphatic heterocycles. The summed E-state index contributed by atoms with van der Waals surface area (Å²) in [5, 5.41) is 10.9. The van der Waals surface area contributed by atoms with E-state index in [0.717, 1.165) is 0 Å². The zero-order valence-electron chi connectivity index (χ0n) is 12.2. The lowest BCUT2D eigenvalue weighted by molar-refractivity contribution is -0.167. The van der Waals surface area contributed by atoms with Gasteiger partial charge in [-0.2, -0.15) is 13.2 Å². The number of benzene rings is 2. The molecule has 0 aromatic heterocycles. The summed E-state index contributed by atoms with van der Waals surface area (Å²) in [6, 6.07) is 11.3. The highest BCUT2D eigenvalue weighted by Gasteiger charge is 2.38. The first-order valence-corrected chi connectivity index (χ1v) is 6.75. The lowest BCUT2D eigenvalue weighted by Gasteiger charge is -2.08. The number of hydrogen-bond donors (Lipinski definition) is 2. The molecule has 2 rings (SSSR count). The van der Waals surface area contributed by atoms with E-state index in [9.17, 15) is 22.8 Å². The lowest BCUT2D eigenvalue weighted by atomic mass is 10.1. The molecular formula is C17H12F3NO3. The Morgan fingerprint density at radius 3 is 2.33 bits per heavy atom. The third kappa shape index (κ3) is 4.70. The molecule has 0 bridgehead atoms. The first-order valence-electron chi connectivity index (χ1n) is 6.75. The summed E-state index contributed by atoms with van der Waals surface area (Å²) in [6.45, 7) is 0. The van der Waals surface area contributed by atoms with Gasteiger partial charge in [0.2, 0.25) is 0 Å². The van der Waals surface area contributed by atoms with Crippen molar-refractivity contribution in [3.63, 3.8) is 0 Å². The maximum Gasteiger partial charge on any atom is 0.471 e. The number of ketones is 1. The summed E-state index contributed by atoms with van der Waals surface area (Å²) in [7, 11) is 0. The van der Waals surface area contributed by atoms with Crippen LogP contribution in [-0.2, 0) is 4.79 Å². The summed E-state index contributed by atoms with van der Waals surface area (Å²) in [5.41, 5.74) is 0.768. The molecule has 2 aromatic rings. The van der Waals surface area contributed by atoms with Crippen LogP contribution in [0.5, 0.6) is 5.75 Å².